The van der Waals surface area contributed by atoms with Gasteiger partial charge in [-0.1, -0.05) is 0 Å². The van der Waals surface area contributed by atoms with Gasteiger partial charge in [-0.25, -0.2) is 0 Å². The maximum Gasteiger partial charge on any atom is 0.307 e. The molecule has 1 fully saturated rings. The molecule has 1 unspecified atom stereocenters. The second-order valence-corrected chi connectivity index (χ2v) is 3.67. The van der Waals surface area contributed by atoms with Gasteiger partial charge in [0, 0.05) is 19.0 Å². The summed E-state index contributed by atoms with van der Waals surface area (Å²) >= 11 is 0. The van der Waals surface area contributed by atoms with Crippen LogP contribution in [0.3, 0.4) is 0 Å². The molecule has 0 aromatic rings. The highest BCUT2D eigenvalue weighted by molar-refractivity contribution is 5.85. The highest BCUT2D eigenvalue weighted by Crippen LogP contribution is 2.07. The van der Waals surface area contributed by atoms with Crippen molar-refractivity contribution in [2.75, 3.05) is 20.2 Å². The van der Waals surface area contributed by atoms with Gasteiger partial charge in [-0.05, 0) is 19.4 Å². The van der Waals surface area contributed by atoms with E-state index in [9.17, 15) is 9.59 Å². The fourth-order valence-electron chi connectivity index (χ4n) is 1.63. The number of halogens is 1. The van der Waals surface area contributed by atoms with E-state index < -0.39 is 0 Å². The molecule has 16 heavy (non-hydrogen) atoms. The number of hydrogen-bond donors (Lipinski definition) is 2. The Morgan fingerprint density at radius 1 is 1.50 bits per heavy atom. The van der Waals surface area contributed by atoms with E-state index in [1.165, 1.54) is 7.11 Å². The SMILES string of the molecule is COC(=O)CCNC(=O)CC1CCCN1.Cl. The fraction of sp³-hybridized carbons (Fsp3) is 0.800. The number of ether oxygens (including phenoxy) is 1. The number of methoxy groups -OCH3 is 1. The van der Waals surface area contributed by atoms with E-state index in [-0.39, 0.29) is 30.7 Å². The normalized spacial score (nSPS) is 18.7. The Kier molecular flexibility index (Phi) is 7.93. The average molecular weight is 251 g/mol. The maximum absolute atomic E-state index is 11.4. The molecular weight excluding hydrogens is 232 g/mol. The van der Waals surface area contributed by atoms with Crippen LogP contribution in [0.5, 0.6) is 0 Å². The van der Waals surface area contributed by atoms with E-state index in [1.54, 1.807) is 0 Å². The third-order valence-electron chi connectivity index (χ3n) is 2.47. The fourth-order valence-corrected chi connectivity index (χ4v) is 1.63. The molecule has 5 nitrogen and oxygen atoms in total. The minimum absolute atomic E-state index is 0. The van der Waals surface area contributed by atoms with E-state index in [4.69, 9.17) is 0 Å². The van der Waals surface area contributed by atoms with Crippen molar-refractivity contribution in [2.24, 2.45) is 0 Å². The molecule has 0 radical (unpaired) electrons. The van der Waals surface area contributed by atoms with Crippen LogP contribution in [0.15, 0.2) is 0 Å². The van der Waals surface area contributed by atoms with Gasteiger partial charge in [0.2, 0.25) is 5.91 Å². The molecule has 6 heteroatoms. The highest BCUT2D eigenvalue weighted by Gasteiger charge is 2.17. The number of amides is 1. The number of hydrogen-bond acceptors (Lipinski definition) is 4. The summed E-state index contributed by atoms with van der Waals surface area (Å²) in [5.74, 6) is -0.299. The van der Waals surface area contributed by atoms with Gasteiger partial charge in [-0.3, -0.25) is 9.59 Å². The van der Waals surface area contributed by atoms with Gasteiger partial charge in [0.15, 0.2) is 0 Å². The Labute approximate surface area is 102 Å². The summed E-state index contributed by atoms with van der Waals surface area (Å²) in [5.41, 5.74) is 0. The Morgan fingerprint density at radius 3 is 2.81 bits per heavy atom. The Balaban J connectivity index is 0.00000225. The minimum Gasteiger partial charge on any atom is -0.469 e. The summed E-state index contributed by atoms with van der Waals surface area (Å²) in [7, 11) is 1.34. The van der Waals surface area contributed by atoms with Crippen molar-refractivity contribution in [2.45, 2.75) is 31.7 Å². The van der Waals surface area contributed by atoms with Gasteiger partial charge < -0.3 is 15.4 Å². The van der Waals surface area contributed by atoms with Crippen molar-refractivity contribution >= 4 is 24.3 Å². The second kappa shape index (κ2) is 8.35. The first-order valence-electron chi connectivity index (χ1n) is 5.29. The lowest BCUT2D eigenvalue weighted by Gasteiger charge is -2.09. The largest absolute Gasteiger partial charge is 0.469 e. The molecule has 1 aliphatic rings. The molecule has 0 aliphatic carbocycles. The van der Waals surface area contributed by atoms with Crippen LogP contribution in [0, 0.1) is 0 Å². The molecule has 1 heterocycles. The van der Waals surface area contributed by atoms with Crippen molar-refractivity contribution in [1.82, 2.24) is 10.6 Å². The predicted octanol–water partition coefficient (Wildman–Crippen LogP) is 0.230. The van der Waals surface area contributed by atoms with Crippen LogP contribution in [0.1, 0.15) is 25.7 Å². The highest BCUT2D eigenvalue weighted by atomic mass is 35.5. The molecule has 0 aromatic carbocycles. The van der Waals surface area contributed by atoms with Crippen LogP contribution in [-0.4, -0.2) is 38.1 Å². The number of carbonyl (C=O) groups is 2. The lowest BCUT2D eigenvalue weighted by atomic mass is 10.1. The van der Waals surface area contributed by atoms with Crippen LogP contribution in [0.2, 0.25) is 0 Å². The van der Waals surface area contributed by atoms with Crippen molar-refractivity contribution in [1.29, 1.82) is 0 Å². The lowest BCUT2D eigenvalue weighted by Crippen LogP contribution is -2.33. The Hall–Kier alpha value is -0.810. The summed E-state index contributed by atoms with van der Waals surface area (Å²) in [6.45, 7) is 1.36. The van der Waals surface area contributed by atoms with Gasteiger partial charge in [-0.15, -0.1) is 12.4 Å². The van der Waals surface area contributed by atoms with Crippen molar-refractivity contribution in [3.8, 4) is 0 Å². The van der Waals surface area contributed by atoms with Crippen molar-refractivity contribution in [3.63, 3.8) is 0 Å². The summed E-state index contributed by atoms with van der Waals surface area (Å²) < 4.78 is 4.46. The van der Waals surface area contributed by atoms with E-state index >= 15 is 0 Å². The molecular formula is C10H19ClN2O3. The molecule has 94 valence electrons. The van der Waals surface area contributed by atoms with Crippen molar-refractivity contribution < 1.29 is 14.3 Å². The van der Waals surface area contributed by atoms with Gasteiger partial charge in [-0.2, -0.15) is 0 Å². The molecule has 0 aromatic heterocycles. The molecule has 1 rings (SSSR count). The molecule has 1 aliphatic heterocycles. The topological polar surface area (TPSA) is 67.4 Å². The van der Waals surface area contributed by atoms with E-state index in [1.807, 2.05) is 0 Å². The maximum atomic E-state index is 11.4. The van der Waals surface area contributed by atoms with E-state index in [0.29, 0.717) is 19.0 Å². The third-order valence-corrected chi connectivity index (χ3v) is 2.47. The first-order chi connectivity index (χ1) is 7.22. The zero-order valence-corrected chi connectivity index (χ0v) is 10.3. The van der Waals surface area contributed by atoms with Gasteiger partial charge in [0.05, 0.1) is 13.5 Å². The molecule has 2 N–H and O–H groups in total. The van der Waals surface area contributed by atoms with Gasteiger partial charge in [0.25, 0.3) is 0 Å². The quantitative estimate of drug-likeness (QED) is 0.686. The number of carbonyl (C=O) groups excluding carboxylic acids is 2. The van der Waals surface area contributed by atoms with E-state index in [2.05, 4.69) is 15.4 Å². The summed E-state index contributed by atoms with van der Waals surface area (Å²) in [6.07, 6.45) is 2.94. The Bertz CT molecular complexity index is 230. The molecule has 1 saturated heterocycles. The third kappa shape index (κ3) is 5.92. The molecule has 0 saturated carbocycles. The van der Waals surface area contributed by atoms with Gasteiger partial charge >= 0.3 is 5.97 Å². The van der Waals surface area contributed by atoms with Crippen LogP contribution in [0.25, 0.3) is 0 Å². The van der Waals surface area contributed by atoms with E-state index in [0.717, 1.165) is 19.4 Å². The first-order valence-corrected chi connectivity index (χ1v) is 5.29. The average Bonchev–Trinajstić information content (AvgIpc) is 2.70. The molecule has 1 atom stereocenters. The predicted molar refractivity (Wildman–Crippen MR) is 62.5 cm³/mol. The van der Waals surface area contributed by atoms with Crippen LogP contribution < -0.4 is 10.6 Å². The molecule has 1 amide bonds. The zero-order valence-electron chi connectivity index (χ0n) is 9.45. The number of rotatable bonds is 5. The van der Waals surface area contributed by atoms with Crippen LogP contribution in [0.4, 0.5) is 0 Å². The zero-order chi connectivity index (χ0) is 11.1. The smallest absolute Gasteiger partial charge is 0.307 e. The van der Waals surface area contributed by atoms with Crippen LogP contribution >= 0.6 is 12.4 Å². The number of esters is 1. The Morgan fingerprint density at radius 2 is 2.25 bits per heavy atom. The lowest BCUT2D eigenvalue weighted by molar-refractivity contribution is -0.140. The standard InChI is InChI=1S/C10H18N2O3.ClH/c1-15-10(14)4-6-12-9(13)7-8-3-2-5-11-8;/h8,11H,2-7H2,1H3,(H,12,13);1H. The van der Waals surface area contributed by atoms with Crippen molar-refractivity contribution in [3.05, 3.63) is 0 Å². The summed E-state index contributed by atoms with van der Waals surface area (Å²) in [6, 6.07) is 0.308. The summed E-state index contributed by atoms with van der Waals surface area (Å²) in [4.78, 5) is 22.1. The monoisotopic (exact) mass is 250 g/mol. The van der Waals surface area contributed by atoms with Crippen LogP contribution in [-0.2, 0) is 14.3 Å². The minimum atomic E-state index is -0.297. The molecule has 0 bridgehead atoms. The second-order valence-electron chi connectivity index (χ2n) is 3.67. The first kappa shape index (κ1) is 15.2. The number of nitrogens with one attached hydrogen (secondary N) is 2. The molecule has 0 spiro atoms. The van der Waals surface area contributed by atoms with Gasteiger partial charge in [0.1, 0.15) is 0 Å². The summed E-state index contributed by atoms with van der Waals surface area (Å²) in [5, 5.41) is 5.94.